The summed E-state index contributed by atoms with van der Waals surface area (Å²) in [6.45, 7) is 7.38. The number of rotatable bonds is 6. The molecule has 0 spiro atoms. The Hall–Kier alpha value is -1.60. The third kappa shape index (κ3) is 4.98. The van der Waals surface area contributed by atoms with Crippen LogP contribution >= 0.6 is 0 Å². The van der Waals surface area contributed by atoms with Crippen molar-refractivity contribution in [2.24, 2.45) is 18.0 Å². The van der Waals surface area contributed by atoms with Gasteiger partial charge in [0.2, 0.25) is 0 Å². The summed E-state index contributed by atoms with van der Waals surface area (Å²) in [6.07, 6.45) is 7.83. The number of hydrogen-bond acceptors (Lipinski definition) is 4. The summed E-state index contributed by atoms with van der Waals surface area (Å²) in [7, 11) is 5.66. The number of methoxy groups -OCH3 is 1. The van der Waals surface area contributed by atoms with E-state index in [0.29, 0.717) is 5.92 Å². The van der Waals surface area contributed by atoms with Crippen LogP contribution in [0.1, 0.15) is 30.7 Å². The number of piperidine rings is 1. The molecule has 1 unspecified atom stereocenters. The van der Waals surface area contributed by atoms with Crippen molar-refractivity contribution in [3.05, 3.63) is 18.0 Å². The lowest BCUT2D eigenvalue weighted by Gasteiger charge is -2.32. The zero-order valence-electron chi connectivity index (χ0n) is 16.5. The first-order valence-electron chi connectivity index (χ1n) is 9.85. The SMILES string of the molecule is CN=C(NCC1CCN(CCOC)CC1)N1CCC(c2cnn(C)c2)C1. The number of aliphatic imine (C=N–C) groups is 1. The first-order valence-corrected chi connectivity index (χ1v) is 9.85. The Morgan fingerprint density at radius 2 is 2.12 bits per heavy atom. The molecule has 0 radical (unpaired) electrons. The Kier molecular flexibility index (Phi) is 6.91. The summed E-state index contributed by atoms with van der Waals surface area (Å²) >= 11 is 0. The highest BCUT2D eigenvalue weighted by molar-refractivity contribution is 5.80. The highest BCUT2D eigenvalue weighted by Crippen LogP contribution is 2.26. The molecule has 1 aromatic heterocycles. The minimum absolute atomic E-state index is 0.561. The second-order valence-corrected chi connectivity index (χ2v) is 7.58. The van der Waals surface area contributed by atoms with Gasteiger partial charge in [-0.15, -0.1) is 0 Å². The normalized spacial score (nSPS) is 23.0. The fourth-order valence-electron chi connectivity index (χ4n) is 4.08. The molecule has 2 aliphatic rings. The maximum atomic E-state index is 5.18. The van der Waals surface area contributed by atoms with Crippen LogP contribution in [0.3, 0.4) is 0 Å². The van der Waals surface area contributed by atoms with Crippen LogP contribution in [0.2, 0.25) is 0 Å². The zero-order valence-corrected chi connectivity index (χ0v) is 16.5. The van der Waals surface area contributed by atoms with E-state index >= 15 is 0 Å². The molecule has 2 fully saturated rings. The Morgan fingerprint density at radius 3 is 2.77 bits per heavy atom. The van der Waals surface area contributed by atoms with Gasteiger partial charge in [-0.1, -0.05) is 0 Å². The van der Waals surface area contributed by atoms with Gasteiger partial charge in [0.1, 0.15) is 0 Å². The topological polar surface area (TPSA) is 57.9 Å². The number of aryl methyl sites for hydroxylation is 1. The minimum atomic E-state index is 0.561. The molecule has 26 heavy (non-hydrogen) atoms. The van der Waals surface area contributed by atoms with E-state index in [4.69, 9.17) is 4.74 Å². The summed E-state index contributed by atoms with van der Waals surface area (Å²) in [5.41, 5.74) is 1.34. The van der Waals surface area contributed by atoms with Crippen LogP contribution in [0.4, 0.5) is 0 Å². The van der Waals surface area contributed by atoms with E-state index in [-0.39, 0.29) is 0 Å². The largest absolute Gasteiger partial charge is 0.383 e. The first kappa shape index (κ1) is 19.2. The van der Waals surface area contributed by atoms with Crippen LogP contribution in [0.15, 0.2) is 17.4 Å². The molecule has 0 aliphatic carbocycles. The van der Waals surface area contributed by atoms with Crippen molar-refractivity contribution >= 4 is 5.96 Å². The molecule has 1 aromatic rings. The van der Waals surface area contributed by atoms with Crippen LogP contribution in [0.5, 0.6) is 0 Å². The summed E-state index contributed by atoms with van der Waals surface area (Å²) in [6, 6.07) is 0. The van der Waals surface area contributed by atoms with E-state index < -0.39 is 0 Å². The van der Waals surface area contributed by atoms with Crippen LogP contribution < -0.4 is 5.32 Å². The summed E-state index contributed by atoms with van der Waals surface area (Å²) < 4.78 is 7.08. The van der Waals surface area contributed by atoms with Gasteiger partial charge in [0.05, 0.1) is 12.8 Å². The van der Waals surface area contributed by atoms with Crippen LogP contribution in [-0.4, -0.2) is 85.6 Å². The molecule has 0 bridgehead atoms. The first-order chi connectivity index (χ1) is 12.7. The van der Waals surface area contributed by atoms with Crippen molar-refractivity contribution in [1.82, 2.24) is 24.9 Å². The van der Waals surface area contributed by atoms with Gasteiger partial charge in [0, 0.05) is 59.5 Å². The molecule has 7 nitrogen and oxygen atoms in total. The molecular formula is C19H34N6O. The maximum absolute atomic E-state index is 5.18. The van der Waals surface area contributed by atoms with Crippen LogP contribution in [0.25, 0.3) is 0 Å². The zero-order chi connectivity index (χ0) is 18.4. The molecule has 3 rings (SSSR count). The number of aromatic nitrogens is 2. The number of guanidine groups is 1. The molecule has 0 saturated carbocycles. The predicted octanol–water partition coefficient (Wildman–Crippen LogP) is 1.14. The fraction of sp³-hybridized carbons (Fsp3) is 0.789. The van der Waals surface area contributed by atoms with Crippen molar-refractivity contribution in [3.8, 4) is 0 Å². The van der Waals surface area contributed by atoms with E-state index in [9.17, 15) is 0 Å². The summed E-state index contributed by atoms with van der Waals surface area (Å²) in [5.74, 6) is 2.35. The van der Waals surface area contributed by atoms with Crippen molar-refractivity contribution in [2.45, 2.75) is 25.2 Å². The lowest BCUT2D eigenvalue weighted by atomic mass is 9.97. The van der Waals surface area contributed by atoms with Gasteiger partial charge in [0.15, 0.2) is 5.96 Å². The molecule has 2 saturated heterocycles. The standard InChI is InChI=1S/C19H34N6O/c1-20-19(21-12-16-4-7-24(8-5-16)10-11-26-3)25-9-6-17(15-25)18-13-22-23(2)14-18/h13-14,16-17H,4-12,15H2,1-3H3,(H,20,21). The van der Waals surface area contributed by atoms with Gasteiger partial charge in [-0.05, 0) is 43.8 Å². The van der Waals surface area contributed by atoms with Crippen molar-refractivity contribution in [3.63, 3.8) is 0 Å². The van der Waals surface area contributed by atoms with Gasteiger partial charge in [-0.2, -0.15) is 5.10 Å². The molecule has 146 valence electrons. The lowest BCUT2D eigenvalue weighted by molar-refractivity contribution is 0.120. The molecule has 0 amide bonds. The Morgan fingerprint density at radius 1 is 1.31 bits per heavy atom. The molecule has 1 N–H and O–H groups in total. The van der Waals surface area contributed by atoms with Gasteiger partial charge in [-0.3, -0.25) is 9.67 Å². The van der Waals surface area contributed by atoms with E-state index in [1.807, 2.05) is 25.0 Å². The number of hydrogen-bond donors (Lipinski definition) is 1. The Balaban J connectivity index is 1.41. The average Bonchev–Trinajstić information content (AvgIpc) is 3.31. The smallest absolute Gasteiger partial charge is 0.193 e. The Labute approximate surface area is 157 Å². The Bertz CT molecular complexity index is 578. The number of nitrogens with one attached hydrogen (secondary N) is 1. The molecule has 1 atom stereocenters. The van der Waals surface area contributed by atoms with Gasteiger partial charge in [-0.25, -0.2) is 0 Å². The van der Waals surface area contributed by atoms with E-state index in [1.165, 1.54) is 37.9 Å². The lowest BCUT2D eigenvalue weighted by Crippen LogP contribution is -2.44. The molecule has 3 heterocycles. The summed E-state index contributed by atoms with van der Waals surface area (Å²) in [4.78, 5) is 9.43. The van der Waals surface area contributed by atoms with Gasteiger partial charge in [0.25, 0.3) is 0 Å². The quantitative estimate of drug-likeness (QED) is 0.608. The highest BCUT2D eigenvalue weighted by Gasteiger charge is 2.27. The maximum Gasteiger partial charge on any atom is 0.193 e. The molecule has 2 aliphatic heterocycles. The van der Waals surface area contributed by atoms with E-state index in [2.05, 4.69) is 31.4 Å². The highest BCUT2D eigenvalue weighted by atomic mass is 16.5. The summed E-state index contributed by atoms with van der Waals surface area (Å²) in [5, 5.41) is 7.94. The van der Waals surface area contributed by atoms with Crippen molar-refractivity contribution in [2.75, 3.05) is 60.0 Å². The second-order valence-electron chi connectivity index (χ2n) is 7.58. The molecule has 7 heteroatoms. The van der Waals surface area contributed by atoms with Crippen molar-refractivity contribution < 1.29 is 4.74 Å². The number of ether oxygens (including phenoxy) is 1. The molecule has 0 aromatic carbocycles. The predicted molar refractivity (Wildman–Crippen MR) is 105 cm³/mol. The van der Waals surface area contributed by atoms with Crippen LogP contribution in [-0.2, 0) is 11.8 Å². The third-order valence-corrected chi connectivity index (χ3v) is 5.76. The van der Waals surface area contributed by atoms with E-state index in [1.54, 1.807) is 7.11 Å². The van der Waals surface area contributed by atoms with Crippen molar-refractivity contribution in [1.29, 1.82) is 0 Å². The van der Waals surface area contributed by atoms with E-state index in [0.717, 1.165) is 44.7 Å². The minimum Gasteiger partial charge on any atom is -0.383 e. The molecular weight excluding hydrogens is 328 g/mol. The monoisotopic (exact) mass is 362 g/mol. The second kappa shape index (κ2) is 9.37. The number of likely N-dealkylation sites (tertiary alicyclic amines) is 2. The fourth-order valence-corrected chi connectivity index (χ4v) is 4.08. The average molecular weight is 363 g/mol. The third-order valence-electron chi connectivity index (χ3n) is 5.76. The number of nitrogens with zero attached hydrogens (tertiary/aromatic N) is 5. The van der Waals surface area contributed by atoms with Gasteiger partial charge < -0.3 is 19.9 Å². The van der Waals surface area contributed by atoms with Gasteiger partial charge >= 0.3 is 0 Å². The van der Waals surface area contributed by atoms with Crippen LogP contribution in [0, 0.1) is 5.92 Å².